The van der Waals surface area contributed by atoms with E-state index in [1.54, 1.807) is 12.4 Å². The first-order valence-electron chi connectivity index (χ1n) is 6.10. The third kappa shape index (κ3) is 4.54. The molecule has 0 aromatic carbocycles. The van der Waals surface area contributed by atoms with Crippen molar-refractivity contribution in [2.24, 2.45) is 5.73 Å². The summed E-state index contributed by atoms with van der Waals surface area (Å²) < 4.78 is 0. The second-order valence-corrected chi connectivity index (χ2v) is 4.76. The number of nitrogens with two attached hydrogens (primary N) is 1. The Labute approximate surface area is 114 Å². The zero-order valence-corrected chi connectivity index (χ0v) is 12.0. The summed E-state index contributed by atoms with van der Waals surface area (Å²) >= 11 is 4.82. The first-order chi connectivity index (χ1) is 8.54. The van der Waals surface area contributed by atoms with Gasteiger partial charge in [0.2, 0.25) is 0 Å². The van der Waals surface area contributed by atoms with E-state index in [0.29, 0.717) is 11.7 Å². The van der Waals surface area contributed by atoms with Crippen LogP contribution in [0.3, 0.4) is 0 Å². The van der Waals surface area contributed by atoms with Gasteiger partial charge in [0.25, 0.3) is 0 Å². The van der Waals surface area contributed by atoms with Crippen LogP contribution in [-0.2, 0) is 0 Å². The van der Waals surface area contributed by atoms with Gasteiger partial charge < -0.3 is 16.0 Å². The first kappa shape index (κ1) is 14.8. The molecule has 0 bridgehead atoms. The van der Waals surface area contributed by atoms with Gasteiger partial charge in [-0.25, -0.2) is 9.97 Å². The molecule has 6 heteroatoms. The van der Waals surface area contributed by atoms with E-state index in [4.69, 9.17) is 18.0 Å². The summed E-state index contributed by atoms with van der Waals surface area (Å²) in [4.78, 5) is 10.9. The normalized spacial score (nSPS) is 12.4. The van der Waals surface area contributed by atoms with Crippen LogP contribution in [0.4, 0.5) is 5.82 Å². The molecule has 1 aromatic heterocycles. The molecule has 3 N–H and O–H groups in total. The lowest BCUT2D eigenvalue weighted by molar-refractivity contribution is 0.261. The molecule has 18 heavy (non-hydrogen) atoms. The zero-order valence-electron chi connectivity index (χ0n) is 11.2. The summed E-state index contributed by atoms with van der Waals surface area (Å²) in [6.07, 6.45) is 4.39. The zero-order chi connectivity index (χ0) is 13.5. The summed E-state index contributed by atoms with van der Waals surface area (Å²) in [6.45, 7) is 6.21. The minimum absolute atomic E-state index is 0.269. The standard InChI is InChI=1S/C12H21N5S/c1-4-9(2)17(3)6-5-14-11-8-15-10(7-16-11)12(13)18/h7-9H,4-6H2,1-3H3,(H2,13,18)(H,14,16). The highest BCUT2D eigenvalue weighted by Crippen LogP contribution is 2.02. The highest BCUT2D eigenvalue weighted by atomic mass is 32.1. The fraction of sp³-hybridized carbons (Fsp3) is 0.583. The van der Waals surface area contributed by atoms with Crippen molar-refractivity contribution in [2.75, 3.05) is 25.5 Å². The monoisotopic (exact) mass is 267 g/mol. The van der Waals surface area contributed by atoms with Crippen LogP contribution >= 0.6 is 12.2 Å². The van der Waals surface area contributed by atoms with E-state index in [1.165, 1.54) is 0 Å². The second-order valence-electron chi connectivity index (χ2n) is 4.32. The Kier molecular flexibility index (Phi) is 5.94. The summed E-state index contributed by atoms with van der Waals surface area (Å²) in [5.74, 6) is 0.743. The van der Waals surface area contributed by atoms with Crippen LogP contribution in [0.15, 0.2) is 12.4 Å². The lowest BCUT2D eigenvalue weighted by Gasteiger charge is -2.23. The van der Waals surface area contributed by atoms with Crippen molar-refractivity contribution in [3.8, 4) is 0 Å². The van der Waals surface area contributed by atoms with Crippen molar-refractivity contribution in [3.05, 3.63) is 18.1 Å². The molecule has 0 saturated carbocycles. The molecular weight excluding hydrogens is 246 g/mol. The SMILES string of the molecule is CCC(C)N(C)CCNc1cnc(C(N)=S)cn1. The van der Waals surface area contributed by atoms with Gasteiger partial charge in [0.15, 0.2) is 0 Å². The maximum absolute atomic E-state index is 5.45. The topological polar surface area (TPSA) is 67.1 Å². The number of aromatic nitrogens is 2. The Morgan fingerprint density at radius 1 is 1.50 bits per heavy atom. The van der Waals surface area contributed by atoms with Gasteiger partial charge in [0, 0.05) is 19.1 Å². The number of hydrogen-bond donors (Lipinski definition) is 2. The maximum atomic E-state index is 5.45. The van der Waals surface area contributed by atoms with Crippen molar-refractivity contribution < 1.29 is 0 Å². The van der Waals surface area contributed by atoms with Crippen LogP contribution in [0.2, 0.25) is 0 Å². The molecule has 1 aromatic rings. The van der Waals surface area contributed by atoms with Crippen LogP contribution < -0.4 is 11.1 Å². The van der Waals surface area contributed by atoms with E-state index in [9.17, 15) is 0 Å². The highest BCUT2D eigenvalue weighted by Gasteiger charge is 2.05. The maximum Gasteiger partial charge on any atom is 0.144 e. The smallest absolute Gasteiger partial charge is 0.144 e. The van der Waals surface area contributed by atoms with Gasteiger partial charge in [-0.3, -0.25) is 0 Å². The average molecular weight is 267 g/mol. The van der Waals surface area contributed by atoms with Gasteiger partial charge in [0.05, 0.1) is 12.4 Å². The molecule has 1 atom stereocenters. The van der Waals surface area contributed by atoms with Gasteiger partial charge in [-0.15, -0.1) is 0 Å². The Balaban J connectivity index is 2.38. The first-order valence-corrected chi connectivity index (χ1v) is 6.51. The molecule has 1 unspecified atom stereocenters. The molecule has 0 amide bonds. The van der Waals surface area contributed by atoms with Crippen molar-refractivity contribution in [1.82, 2.24) is 14.9 Å². The molecule has 0 aliphatic heterocycles. The number of hydrogen-bond acceptors (Lipinski definition) is 5. The largest absolute Gasteiger partial charge is 0.388 e. The van der Waals surface area contributed by atoms with Crippen molar-refractivity contribution >= 4 is 23.0 Å². The summed E-state index contributed by atoms with van der Waals surface area (Å²) in [5.41, 5.74) is 6.00. The number of rotatable bonds is 7. The molecule has 0 aliphatic carbocycles. The predicted octanol–water partition coefficient (Wildman–Crippen LogP) is 1.25. The number of anilines is 1. The second kappa shape index (κ2) is 7.23. The van der Waals surface area contributed by atoms with Crippen LogP contribution in [-0.4, -0.2) is 46.0 Å². The number of nitrogens with one attached hydrogen (secondary N) is 1. The van der Waals surface area contributed by atoms with E-state index < -0.39 is 0 Å². The Hall–Kier alpha value is -1.27. The lowest BCUT2D eigenvalue weighted by Crippen LogP contribution is -2.32. The van der Waals surface area contributed by atoms with Crippen LogP contribution in [0.1, 0.15) is 26.0 Å². The fourth-order valence-electron chi connectivity index (χ4n) is 1.44. The fourth-order valence-corrected chi connectivity index (χ4v) is 1.54. The summed E-state index contributed by atoms with van der Waals surface area (Å²) in [7, 11) is 2.12. The number of nitrogens with zero attached hydrogens (tertiary/aromatic N) is 3. The Bertz CT molecular complexity index is 379. The molecule has 5 nitrogen and oxygen atoms in total. The molecule has 0 fully saturated rings. The number of thiocarbonyl (C=S) groups is 1. The predicted molar refractivity (Wildman–Crippen MR) is 78.8 cm³/mol. The van der Waals surface area contributed by atoms with Crippen LogP contribution in [0, 0.1) is 0 Å². The van der Waals surface area contributed by atoms with Gasteiger partial charge in [0.1, 0.15) is 16.5 Å². The van der Waals surface area contributed by atoms with Crippen molar-refractivity contribution in [1.29, 1.82) is 0 Å². The Morgan fingerprint density at radius 3 is 2.72 bits per heavy atom. The van der Waals surface area contributed by atoms with Crippen LogP contribution in [0.5, 0.6) is 0 Å². The third-order valence-electron chi connectivity index (χ3n) is 3.02. The minimum atomic E-state index is 0.269. The molecule has 1 heterocycles. The Morgan fingerprint density at radius 2 is 2.22 bits per heavy atom. The van der Waals surface area contributed by atoms with Crippen LogP contribution in [0.25, 0.3) is 0 Å². The van der Waals surface area contributed by atoms with E-state index >= 15 is 0 Å². The molecule has 0 spiro atoms. The third-order valence-corrected chi connectivity index (χ3v) is 3.23. The van der Waals surface area contributed by atoms with Gasteiger partial charge in [-0.05, 0) is 20.4 Å². The lowest BCUT2D eigenvalue weighted by atomic mass is 10.2. The molecule has 100 valence electrons. The van der Waals surface area contributed by atoms with E-state index in [1.807, 2.05) is 0 Å². The van der Waals surface area contributed by atoms with Crippen molar-refractivity contribution in [3.63, 3.8) is 0 Å². The average Bonchev–Trinajstić information content (AvgIpc) is 2.38. The van der Waals surface area contributed by atoms with Crippen molar-refractivity contribution in [2.45, 2.75) is 26.3 Å². The molecule has 0 radical (unpaired) electrons. The minimum Gasteiger partial charge on any atom is -0.388 e. The number of likely N-dealkylation sites (N-methyl/N-ethyl adjacent to an activating group) is 1. The molecular formula is C12H21N5S. The van der Waals surface area contributed by atoms with Gasteiger partial charge >= 0.3 is 0 Å². The van der Waals surface area contributed by atoms with E-state index in [0.717, 1.165) is 25.3 Å². The van der Waals surface area contributed by atoms with E-state index in [-0.39, 0.29) is 4.99 Å². The van der Waals surface area contributed by atoms with Gasteiger partial charge in [-0.2, -0.15) is 0 Å². The summed E-state index contributed by atoms with van der Waals surface area (Å²) in [5, 5.41) is 3.22. The van der Waals surface area contributed by atoms with Gasteiger partial charge in [-0.1, -0.05) is 19.1 Å². The highest BCUT2D eigenvalue weighted by molar-refractivity contribution is 7.80. The molecule has 0 aliphatic rings. The summed E-state index contributed by atoms with van der Waals surface area (Å²) in [6, 6.07) is 0.592. The quantitative estimate of drug-likeness (QED) is 0.725. The molecule has 0 saturated heterocycles. The molecule has 1 rings (SSSR count). The van der Waals surface area contributed by atoms with E-state index in [2.05, 4.69) is 41.1 Å².